The molecule has 0 heterocycles. The van der Waals surface area contributed by atoms with Gasteiger partial charge < -0.3 is 15.2 Å². The fourth-order valence-electron chi connectivity index (χ4n) is 2.65. The zero-order chi connectivity index (χ0) is 11.3. The standard InChI is InChI=1S/C12H25NO2/c1-4-10-5-6-12(9(10)2)13-7-11(14)8-15-3/h9-14H,4-8H2,1-3H3. The number of methoxy groups -OCH3 is 1. The van der Waals surface area contributed by atoms with E-state index in [0.29, 0.717) is 19.2 Å². The molecule has 3 heteroatoms. The Labute approximate surface area is 93.2 Å². The third kappa shape index (κ3) is 3.74. The molecule has 4 unspecified atom stereocenters. The van der Waals surface area contributed by atoms with E-state index in [-0.39, 0.29) is 6.10 Å². The predicted molar refractivity (Wildman–Crippen MR) is 61.9 cm³/mol. The third-order valence-corrected chi connectivity index (χ3v) is 3.73. The number of aliphatic hydroxyl groups excluding tert-OH is 1. The van der Waals surface area contributed by atoms with Crippen molar-refractivity contribution in [2.24, 2.45) is 11.8 Å². The smallest absolute Gasteiger partial charge is 0.0897 e. The number of aliphatic hydroxyl groups is 1. The zero-order valence-electron chi connectivity index (χ0n) is 10.2. The van der Waals surface area contributed by atoms with Crippen molar-refractivity contribution in [3.8, 4) is 0 Å². The third-order valence-electron chi connectivity index (χ3n) is 3.73. The highest BCUT2D eigenvalue weighted by atomic mass is 16.5. The van der Waals surface area contributed by atoms with Gasteiger partial charge in [0, 0.05) is 19.7 Å². The van der Waals surface area contributed by atoms with Crippen molar-refractivity contribution in [2.75, 3.05) is 20.3 Å². The summed E-state index contributed by atoms with van der Waals surface area (Å²) < 4.78 is 4.90. The monoisotopic (exact) mass is 215 g/mol. The molecule has 90 valence electrons. The van der Waals surface area contributed by atoms with Crippen LogP contribution < -0.4 is 5.32 Å². The van der Waals surface area contributed by atoms with Gasteiger partial charge in [0.1, 0.15) is 0 Å². The van der Waals surface area contributed by atoms with E-state index in [2.05, 4.69) is 19.2 Å². The Morgan fingerprint density at radius 2 is 2.20 bits per heavy atom. The van der Waals surface area contributed by atoms with E-state index in [1.807, 2.05) is 0 Å². The summed E-state index contributed by atoms with van der Waals surface area (Å²) in [5.74, 6) is 1.60. The molecule has 1 saturated carbocycles. The first-order valence-corrected chi connectivity index (χ1v) is 6.09. The minimum atomic E-state index is -0.372. The van der Waals surface area contributed by atoms with Gasteiger partial charge in [0.25, 0.3) is 0 Å². The van der Waals surface area contributed by atoms with Gasteiger partial charge in [0.05, 0.1) is 12.7 Å². The van der Waals surface area contributed by atoms with E-state index in [4.69, 9.17) is 4.74 Å². The molecule has 0 aromatic heterocycles. The molecule has 0 amide bonds. The molecule has 0 saturated heterocycles. The van der Waals surface area contributed by atoms with E-state index in [1.165, 1.54) is 19.3 Å². The Morgan fingerprint density at radius 1 is 1.47 bits per heavy atom. The van der Waals surface area contributed by atoms with E-state index >= 15 is 0 Å². The predicted octanol–water partition coefficient (Wildman–Crippen LogP) is 1.41. The lowest BCUT2D eigenvalue weighted by molar-refractivity contribution is 0.0616. The van der Waals surface area contributed by atoms with Gasteiger partial charge in [-0.1, -0.05) is 20.3 Å². The summed E-state index contributed by atoms with van der Waals surface area (Å²) >= 11 is 0. The SMILES string of the molecule is CCC1CCC(NCC(O)COC)C1C. The number of hydrogen-bond donors (Lipinski definition) is 2. The molecule has 4 atom stereocenters. The molecule has 15 heavy (non-hydrogen) atoms. The summed E-state index contributed by atoms with van der Waals surface area (Å²) in [6.07, 6.45) is 3.48. The largest absolute Gasteiger partial charge is 0.389 e. The lowest BCUT2D eigenvalue weighted by Gasteiger charge is -2.22. The second kappa shape index (κ2) is 6.46. The fourth-order valence-corrected chi connectivity index (χ4v) is 2.65. The summed E-state index contributed by atoms with van der Waals surface area (Å²) in [5, 5.41) is 13.0. The van der Waals surface area contributed by atoms with Gasteiger partial charge in [0.15, 0.2) is 0 Å². The number of rotatable bonds is 6. The summed E-state index contributed by atoms with van der Waals surface area (Å²) in [6.45, 7) is 5.66. The Kier molecular flexibility index (Phi) is 5.58. The molecular weight excluding hydrogens is 190 g/mol. The first kappa shape index (κ1) is 12.9. The minimum Gasteiger partial charge on any atom is -0.389 e. The van der Waals surface area contributed by atoms with E-state index < -0.39 is 0 Å². The first-order valence-electron chi connectivity index (χ1n) is 6.09. The Bertz CT molecular complexity index is 175. The highest BCUT2D eigenvalue weighted by Crippen LogP contribution is 2.33. The topological polar surface area (TPSA) is 41.5 Å². The number of hydrogen-bond acceptors (Lipinski definition) is 3. The van der Waals surface area contributed by atoms with E-state index in [9.17, 15) is 5.11 Å². The van der Waals surface area contributed by atoms with Crippen molar-refractivity contribution in [1.29, 1.82) is 0 Å². The van der Waals surface area contributed by atoms with Crippen molar-refractivity contribution < 1.29 is 9.84 Å². The summed E-state index contributed by atoms with van der Waals surface area (Å²) in [5.41, 5.74) is 0. The molecule has 0 aromatic rings. The van der Waals surface area contributed by atoms with Crippen LogP contribution in [0.1, 0.15) is 33.1 Å². The van der Waals surface area contributed by atoms with Gasteiger partial charge >= 0.3 is 0 Å². The van der Waals surface area contributed by atoms with Gasteiger partial charge in [-0.25, -0.2) is 0 Å². The van der Waals surface area contributed by atoms with Gasteiger partial charge in [-0.2, -0.15) is 0 Å². The van der Waals surface area contributed by atoms with Gasteiger partial charge in [-0.15, -0.1) is 0 Å². The van der Waals surface area contributed by atoms with Crippen LogP contribution in [-0.4, -0.2) is 37.5 Å². The van der Waals surface area contributed by atoms with Crippen LogP contribution in [-0.2, 0) is 4.74 Å². The molecule has 1 aliphatic rings. The van der Waals surface area contributed by atoms with Crippen molar-refractivity contribution >= 4 is 0 Å². The second-order valence-electron chi connectivity index (χ2n) is 4.73. The molecule has 1 rings (SSSR count). The van der Waals surface area contributed by atoms with Gasteiger partial charge in [0.2, 0.25) is 0 Å². The molecule has 0 radical (unpaired) electrons. The van der Waals surface area contributed by atoms with Gasteiger partial charge in [-0.05, 0) is 24.7 Å². The highest BCUT2D eigenvalue weighted by molar-refractivity contribution is 4.86. The lowest BCUT2D eigenvalue weighted by Crippen LogP contribution is -2.39. The summed E-state index contributed by atoms with van der Waals surface area (Å²) in [4.78, 5) is 0. The maximum atomic E-state index is 9.53. The Balaban J connectivity index is 2.22. The zero-order valence-corrected chi connectivity index (χ0v) is 10.2. The highest BCUT2D eigenvalue weighted by Gasteiger charge is 2.31. The maximum absolute atomic E-state index is 9.53. The number of nitrogens with one attached hydrogen (secondary N) is 1. The van der Waals surface area contributed by atoms with Crippen LogP contribution in [0.3, 0.4) is 0 Å². The first-order chi connectivity index (χ1) is 7.19. The van der Waals surface area contributed by atoms with Crippen LogP contribution in [0.5, 0.6) is 0 Å². The van der Waals surface area contributed by atoms with Gasteiger partial charge in [-0.3, -0.25) is 0 Å². The second-order valence-corrected chi connectivity index (χ2v) is 4.73. The maximum Gasteiger partial charge on any atom is 0.0897 e. The molecule has 0 bridgehead atoms. The molecule has 1 fully saturated rings. The van der Waals surface area contributed by atoms with Crippen molar-refractivity contribution in [1.82, 2.24) is 5.32 Å². The van der Waals surface area contributed by atoms with Crippen LogP contribution in [0, 0.1) is 11.8 Å². The van der Waals surface area contributed by atoms with Crippen LogP contribution >= 0.6 is 0 Å². The van der Waals surface area contributed by atoms with Crippen molar-refractivity contribution in [3.05, 3.63) is 0 Å². The summed E-state index contributed by atoms with van der Waals surface area (Å²) in [6, 6.07) is 0.585. The number of ether oxygens (including phenoxy) is 1. The molecule has 2 N–H and O–H groups in total. The van der Waals surface area contributed by atoms with Crippen LogP contribution in [0.2, 0.25) is 0 Å². The average molecular weight is 215 g/mol. The molecule has 0 aromatic carbocycles. The molecule has 1 aliphatic carbocycles. The van der Waals surface area contributed by atoms with Crippen molar-refractivity contribution in [2.45, 2.75) is 45.3 Å². The molecule has 0 aliphatic heterocycles. The molecule has 0 spiro atoms. The van der Waals surface area contributed by atoms with Crippen molar-refractivity contribution in [3.63, 3.8) is 0 Å². The molecule has 3 nitrogen and oxygen atoms in total. The van der Waals surface area contributed by atoms with Crippen LogP contribution in [0.4, 0.5) is 0 Å². The fraction of sp³-hybridized carbons (Fsp3) is 1.00. The van der Waals surface area contributed by atoms with E-state index in [1.54, 1.807) is 7.11 Å². The quantitative estimate of drug-likeness (QED) is 0.704. The Hall–Kier alpha value is -0.120. The van der Waals surface area contributed by atoms with Crippen LogP contribution in [0.15, 0.2) is 0 Å². The normalized spacial score (nSPS) is 33.2. The lowest BCUT2D eigenvalue weighted by atomic mass is 9.93. The molecular formula is C12H25NO2. The minimum absolute atomic E-state index is 0.372. The Morgan fingerprint density at radius 3 is 2.73 bits per heavy atom. The summed E-state index contributed by atoms with van der Waals surface area (Å²) in [7, 11) is 1.62. The average Bonchev–Trinajstić information content (AvgIpc) is 2.57. The van der Waals surface area contributed by atoms with E-state index in [0.717, 1.165) is 11.8 Å². The van der Waals surface area contributed by atoms with Crippen LogP contribution in [0.25, 0.3) is 0 Å².